The first kappa shape index (κ1) is 21.6. The standard InChI is InChI=1S/C23H18ClN5O2S/c1-15-27-28-23(32-15)26-22(30)16(13-25)12-17-14-29(21-5-3-2-4-20(17)21)10-11-31-19-8-6-18(24)7-9-19/h2-9,12,14H,10-11H2,1H3,(H,26,28,30)/b16-12-. The Morgan fingerprint density at radius 1 is 1.25 bits per heavy atom. The van der Waals surface area contributed by atoms with Gasteiger partial charge in [-0.15, -0.1) is 10.2 Å². The van der Waals surface area contributed by atoms with Crippen LogP contribution in [-0.4, -0.2) is 27.3 Å². The number of anilines is 1. The van der Waals surface area contributed by atoms with Crippen LogP contribution in [0.2, 0.25) is 5.02 Å². The lowest BCUT2D eigenvalue weighted by Crippen LogP contribution is -2.13. The van der Waals surface area contributed by atoms with Gasteiger partial charge >= 0.3 is 0 Å². The van der Waals surface area contributed by atoms with Crippen LogP contribution in [0.25, 0.3) is 17.0 Å². The van der Waals surface area contributed by atoms with Crippen molar-refractivity contribution in [2.75, 3.05) is 11.9 Å². The van der Waals surface area contributed by atoms with Gasteiger partial charge in [-0.1, -0.05) is 41.1 Å². The van der Waals surface area contributed by atoms with E-state index in [4.69, 9.17) is 16.3 Å². The number of benzene rings is 2. The summed E-state index contributed by atoms with van der Waals surface area (Å²) in [6.45, 7) is 2.83. The SMILES string of the molecule is Cc1nnc(NC(=O)/C(C#N)=C\c2cn(CCOc3ccc(Cl)cc3)c3ccccc23)s1. The molecule has 2 heterocycles. The highest BCUT2D eigenvalue weighted by molar-refractivity contribution is 7.15. The molecule has 0 unspecified atom stereocenters. The third-order valence-corrected chi connectivity index (χ3v) is 5.65. The predicted octanol–water partition coefficient (Wildman–Crippen LogP) is 5.08. The van der Waals surface area contributed by atoms with Gasteiger partial charge in [-0.25, -0.2) is 0 Å². The van der Waals surface area contributed by atoms with E-state index in [1.807, 2.05) is 53.2 Å². The summed E-state index contributed by atoms with van der Waals surface area (Å²) >= 11 is 7.16. The number of carbonyl (C=O) groups is 1. The Morgan fingerprint density at radius 3 is 2.75 bits per heavy atom. The number of carbonyl (C=O) groups excluding carboxylic acids is 1. The molecule has 7 nitrogen and oxygen atoms in total. The van der Waals surface area contributed by atoms with Gasteiger partial charge in [0, 0.05) is 27.7 Å². The van der Waals surface area contributed by atoms with Gasteiger partial charge in [0.05, 0.1) is 6.54 Å². The molecule has 0 aliphatic heterocycles. The molecule has 2 aromatic carbocycles. The second-order valence-electron chi connectivity index (χ2n) is 6.85. The lowest BCUT2D eigenvalue weighted by Gasteiger charge is -2.08. The molecule has 1 amide bonds. The summed E-state index contributed by atoms with van der Waals surface area (Å²) in [5, 5.41) is 22.6. The fourth-order valence-electron chi connectivity index (χ4n) is 3.18. The highest BCUT2D eigenvalue weighted by atomic mass is 35.5. The summed E-state index contributed by atoms with van der Waals surface area (Å²) in [7, 11) is 0. The van der Waals surface area contributed by atoms with Gasteiger partial charge in [0.25, 0.3) is 5.91 Å². The molecular weight excluding hydrogens is 446 g/mol. The minimum Gasteiger partial charge on any atom is -0.492 e. The van der Waals surface area contributed by atoms with Crippen LogP contribution in [0.4, 0.5) is 5.13 Å². The predicted molar refractivity (Wildman–Crippen MR) is 126 cm³/mol. The molecule has 0 saturated heterocycles. The van der Waals surface area contributed by atoms with E-state index < -0.39 is 5.91 Å². The summed E-state index contributed by atoms with van der Waals surface area (Å²) < 4.78 is 7.85. The average molecular weight is 464 g/mol. The van der Waals surface area contributed by atoms with E-state index in [1.54, 1.807) is 25.1 Å². The minimum atomic E-state index is -0.522. The molecule has 1 N–H and O–H groups in total. The molecular formula is C23H18ClN5O2S. The highest BCUT2D eigenvalue weighted by Crippen LogP contribution is 2.24. The Hall–Kier alpha value is -3.67. The number of nitrogens with zero attached hydrogens (tertiary/aromatic N) is 4. The number of rotatable bonds is 7. The molecule has 4 aromatic rings. The van der Waals surface area contributed by atoms with Crippen LogP contribution < -0.4 is 10.1 Å². The topological polar surface area (TPSA) is 92.8 Å². The number of hydrogen-bond acceptors (Lipinski definition) is 6. The molecule has 0 atom stereocenters. The fraction of sp³-hybridized carbons (Fsp3) is 0.130. The molecule has 2 aromatic heterocycles. The van der Waals surface area contributed by atoms with E-state index in [2.05, 4.69) is 15.5 Å². The first-order valence-corrected chi connectivity index (χ1v) is 10.9. The normalized spacial score (nSPS) is 11.3. The van der Waals surface area contributed by atoms with E-state index in [-0.39, 0.29) is 5.57 Å². The number of nitriles is 1. The van der Waals surface area contributed by atoms with Crippen molar-refractivity contribution in [2.24, 2.45) is 0 Å². The zero-order valence-electron chi connectivity index (χ0n) is 17.1. The Morgan fingerprint density at radius 2 is 2.03 bits per heavy atom. The van der Waals surface area contributed by atoms with Crippen molar-refractivity contribution in [1.29, 1.82) is 5.26 Å². The fourth-order valence-corrected chi connectivity index (χ4v) is 3.90. The molecule has 0 saturated carbocycles. The van der Waals surface area contributed by atoms with Gasteiger partial charge in [-0.3, -0.25) is 10.1 Å². The third kappa shape index (κ3) is 4.97. The highest BCUT2D eigenvalue weighted by Gasteiger charge is 2.14. The Balaban J connectivity index is 1.55. The monoisotopic (exact) mass is 463 g/mol. The third-order valence-electron chi connectivity index (χ3n) is 4.65. The zero-order valence-corrected chi connectivity index (χ0v) is 18.7. The lowest BCUT2D eigenvalue weighted by atomic mass is 10.1. The molecule has 4 rings (SSSR count). The number of halogens is 1. The first-order valence-electron chi connectivity index (χ1n) is 9.73. The largest absolute Gasteiger partial charge is 0.492 e. The smallest absolute Gasteiger partial charge is 0.268 e. The molecule has 0 aliphatic rings. The maximum absolute atomic E-state index is 12.6. The van der Waals surface area contributed by atoms with Crippen LogP contribution in [-0.2, 0) is 11.3 Å². The summed E-state index contributed by atoms with van der Waals surface area (Å²) in [6.07, 6.45) is 3.50. The van der Waals surface area contributed by atoms with Crippen LogP contribution in [0.5, 0.6) is 5.75 Å². The molecule has 9 heteroatoms. The second kappa shape index (κ2) is 9.64. The van der Waals surface area contributed by atoms with Crippen LogP contribution >= 0.6 is 22.9 Å². The molecule has 0 aliphatic carbocycles. The van der Waals surface area contributed by atoms with Crippen LogP contribution in [0.1, 0.15) is 10.6 Å². The molecule has 0 fully saturated rings. The number of fused-ring (bicyclic) bond motifs is 1. The van der Waals surface area contributed by atoms with Gasteiger partial charge in [0.2, 0.25) is 5.13 Å². The number of ether oxygens (including phenoxy) is 1. The van der Waals surface area contributed by atoms with Gasteiger partial charge in [-0.05, 0) is 43.3 Å². The summed E-state index contributed by atoms with van der Waals surface area (Å²) in [6, 6.07) is 17.0. The second-order valence-corrected chi connectivity index (χ2v) is 8.47. The van der Waals surface area contributed by atoms with Crippen LogP contribution in [0.15, 0.2) is 60.3 Å². The van der Waals surface area contributed by atoms with E-state index in [1.165, 1.54) is 11.3 Å². The quantitative estimate of drug-likeness (QED) is 0.305. The molecule has 0 spiro atoms. The van der Waals surface area contributed by atoms with Crippen molar-refractivity contribution in [3.63, 3.8) is 0 Å². The Labute approximate surface area is 193 Å². The average Bonchev–Trinajstić information content (AvgIpc) is 3.36. The molecule has 0 radical (unpaired) electrons. The van der Waals surface area contributed by atoms with E-state index in [0.29, 0.717) is 23.3 Å². The maximum atomic E-state index is 12.6. The number of para-hydroxylation sites is 1. The number of nitrogens with one attached hydrogen (secondary N) is 1. The van der Waals surface area contributed by atoms with E-state index in [0.717, 1.165) is 27.2 Å². The number of aryl methyl sites for hydroxylation is 1. The molecule has 32 heavy (non-hydrogen) atoms. The van der Waals surface area contributed by atoms with Gasteiger partial charge < -0.3 is 9.30 Å². The van der Waals surface area contributed by atoms with Gasteiger partial charge in [-0.2, -0.15) is 5.26 Å². The Bertz CT molecular complexity index is 1330. The minimum absolute atomic E-state index is 0.0156. The van der Waals surface area contributed by atoms with Crippen LogP contribution in [0, 0.1) is 18.3 Å². The van der Waals surface area contributed by atoms with Crippen molar-refractivity contribution in [3.8, 4) is 11.8 Å². The van der Waals surface area contributed by atoms with Crippen molar-refractivity contribution in [3.05, 3.63) is 75.9 Å². The summed E-state index contributed by atoms with van der Waals surface area (Å²) in [5.41, 5.74) is 1.74. The van der Waals surface area contributed by atoms with E-state index >= 15 is 0 Å². The van der Waals surface area contributed by atoms with Crippen LogP contribution in [0.3, 0.4) is 0 Å². The van der Waals surface area contributed by atoms with Gasteiger partial charge in [0.15, 0.2) is 0 Å². The first-order chi connectivity index (χ1) is 15.5. The van der Waals surface area contributed by atoms with Gasteiger partial charge in [0.1, 0.15) is 29.0 Å². The summed E-state index contributed by atoms with van der Waals surface area (Å²) in [5.74, 6) is 0.216. The molecule has 0 bridgehead atoms. The van der Waals surface area contributed by atoms with E-state index in [9.17, 15) is 10.1 Å². The number of aromatic nitrogens is 3. The zero-order chi connectivity index (χ0) is 22.5. The van der Waals surface area contributed by atoms with Crippen molar-refractivity contribution in [2.45, 2.75) is 13.5 Å². The maximum Gasteiger partial charge on any atom is 0.268 e. The molecule has 160 valence electrons. The van der Waals surface area contributed by atoms with Crippen molar-refractivity contribution in [1.82, 2.24) is 14.8 Å². The van der Waals surface area contributed by atoms with Crippen molar-refractivity contribution < 1.29 is 9.53 Å². The Kier molecular flexibility index (Phi) is 6.50. The summed E-state index contributed by atoms with van der Waals surface area (Å²) in [4.78, 5) is 12.6. The number of amides is 1. The lowest BCUT2D eigenvalue weighted by molar-refractivity contribution is -0.112. The number of hydrogen-bond donors (Lipinski definition) is 1. The van der Waals surface area contributed by atoms with Crippen molar-refractivity contribution >= 4 is 51.0 Å².